The number of piperazine rings is 1. The van der Waals surface area contributed by atoms with Crippen LogP contribution >= 0.6 is 11.8 Å². The van der Waals surface area contributed by atoms with E-state index in [9.17, 15) is 4.79 Å². The SMILES string of the molecule is O=C1N=C(N2CCN(Cc3ccccc3)CC2)SC1=Cc1cccc2ccccc12. The summed E-state index contributed by atoms with van der Waals surface area (Å²) in [4.78, 5) is 22.3. The van der Waals surface area contributed by atoms with Crippen LogP contribution in [0.25, 0.3) is 16.8 Å². The van der Waals surface area contributed by atoms with Gasteiger partial charge < -0.3 is 4.90 Å². The third-order valence-corrected chi connectivity index (χ3v) is 6.66. The molecule has 0 aliphatic carbocycles. The maximum absolute atomic E-state index is 12.6. The number of hydrogen-bond donors (Lipinski definition) is 0. The molecule has 5 rings (SSSR count). The van der Waals surface area contributed by atoms with Crippen molar-refractivity contribution in [1.29, 1.82) is 0 Å². The molecule has 0 saturated carbocycles. The summed E-state index contributed by atoms with van der Waals surface area (Å²) in [5.41, 5.74) is 2.40. The van der Waals surface area contributed by atoms with E-state index < -0.39 is 0 Å². The number of hydrogen-bond acceptors (Lipinski definition) is 4. The Bertz CT molecular complexity index is 1130. The third kappa shape index (κ3) is 4.04. The molecule has 150 valence electrons. The normalized spacial score (nSPS) is 18.9. The van der Waals surface area contributed by atoms with Crippen molar-refractivity contribution in [3.05, 3.63) is 88.8 Å². The van der Waals surface area contributed by atoms with Crippen molar-refractivity contribution in [3.8, 4) is 0 Å². The van der Waals surface area contributed by atoms with Crippen LogP contribution in [0.2, 0.25) is 0 Å². The van der Waals surface area contributed by atoms with E-state index in [0.29, 0.717) is 4.91 Å². The lowest BCUT2D eigenvalue weighted by Crippen LogP contribution is -2.47. The van der Waals surface area contributed by atoms with Crippen LogP contribution in [-0.2, 0) is 11.3 Å². The highest BCUT2D eigenvalue weighted by Crippen LogP contribution is 2.32. The summed E-state index contributed by atoms with van der Waals surface area (Å²) >= 11 is 1.50. The number of amidine groups is 1. The van der Waals surface area contributed by atoms with Crippen LogP contribution in [0.15, 0.2) is 82.7 Å². The Hall–Kier alpha value is -2.89. The van der Waals surface area contributed by atoms with Gasteiger partial charge in [0.05, 0.1) is 4.91 Å². The summed E-state index contributed by atoms with van der Waals surface area (Å²) < 4.78 is 0. The lowest BCUT2D eigenvalue weighted by atomic mass is 10.0. The smallest absolute Gasteiger partial charge is 0.286 e. The van der Waals surface area contributed by atoms with Gasteiger partial charge in [0.15, 0.2) is 5.17 Å². The van der Waals surface area contributed by atoms with Crippen molar-refractivity contribution >= 4 is 39.7 Å². The van der Waals surface area contributed by atoms with E-state index in [1.165, 1.54) is 22.7 Å². The summed E-state index contributed by atoms with van der Waals surface area (Å²) in [5.74, 6) is -0.130. The molecule has 30 heavy (non-hydrogen) atoms. The molecule has 4 nitrogen and oxygen atoms in total. The van der Waals surface area contributed by atoms with Crippen molar-refractivity contribution < 1.29 is 4.79 Å². The van der Waals surface area contributed by atoms with Gasteiger partial charge in [0.2, 0.25) is 0 Å². The first kappa shape index (κ1) is 19.1. The van der Waals surface area contributed by atoms with Gasteiger partial charge in [-0.2, -0.15) is 4.99 Å². The molecule has 1 saturated heterocycles. The van der Waals surface area contributed by atoms with E-state index in [-0.39, 0.29) is 5.91 Å². The zero-order valence-corrected chi connectivity index (χ0v) is 17.5. The number of fused-ring (bicyclic) bond motifs is 1. The number of nitrogens with zero attached hydrogens (tertiary/aromatic N) is 3. The largest absolute Gasteiger partial charge is 0.348 e. The summed E-state index contributed by atoms with van der Waals surface area (Å²) in [5, 5.41) is 3.17. The molecule has 3 aromatic carbocycles. The van der Waals surface area contributed by atoms with Crippen LogP contribution in [0.5, 0.6) is 0 Å². The van der Waals surface area contributed by atoms with Crippen LogP contribution in [0, 0.1) is 0 Å². The molecule has 5 heteroatoms. The second-order valence-corrected chi connectivity index (χ2v) is 8.64. The minimum Gasteiger partial charge on any atom is -0.348 e. The molecule has 2 aliphatic heterocycles. The van der Waals surface area contributed by atoms with Crippen LogP contribution in [0.1, 0.15) is 11.1 Å². The number of aliphatic imine (C=N–C) groups is 1. The highest BCUT2D eigenvalue weighted by molar-refractivity contribution is 8.18. The minimum absolute atomic E-state index is 0.130. The van der Waals surface area contributed by atoms with Gasteiger partial charge in [-0.15, -0.1) is 0 Å². The van der Waals surface area contributed by atoms with E-state index in [4.69, 9.17) is 0 Å². The molecule has 0 atom stereocenters. The van der Waals surface area contributed by atoms with Gasteiger partial charge in [-0.05, 0) is 39.7 Å². The Labute approximate surface area is 180 Å². The number of rotatable bonds is 3. The monoisotopic (exact) mass is 413 g/mol. The van der Waals surface area contributed by atoms with Crippen molar-refractivity contribution in [2.24, 2.45) is 4.99 Å². The second-order valence-electron chi connectivity index (χ2n) is 7.63. The van der Waals surface area contributed by atoms with Crippen LogP contribution in [0.3, 0.4) is 0 Å². The van der Waals surface area contributed by atoms with Gasteiger partial charge in [0.25, 0.3) is 5.91 Å². The fraction of sp³-hybridized carbons (Fsp3) is 0.200. The molecule has 0 N–H and O–H groups in total. The number of amides is 1. The predicted molar refractivity (Wildman–Crippen MR) is 125 cm³/mol. The first-order valence-corrected chi connectivity index (χ1v) is 11.1. The summed E-state index contributed by atoms with van der Waals surface area (Å²) in [6.45, 7) is 4.72. The zero-order valence-electron chi connectivity index (χ0n) is 16.7. The number of thioether (sulfide) groups is 1. The number of carbonyl (C=O) groups is 1. The van der Waals surface area contributed by atoms with Crippen LogP contribution in [-0.4, -0.2) is 47.1 Å². The Morgan fingerprint density at radius 1 is 0.867 bits per heavy atom. The first-order chi connectivity index (χ1) is 14.8. The quantitative estimate of drug-likeness (QED) is 0.587. The third-order valence-electron chi connectivity index (χ3n) is 5.61. The van der Waals surface area contributed by atoms with Gasteiger partial charge in [-0.25, -0.2) is 0 Å². The summed E-state index contributed by atoms with van der Waals surface area (Å²) in [6, 6.07) is 25.0. The fourth-order valence-corrected chi connectivity index (χ4v) is 4.95. The predicted octanol–water partition coefficient (Wildman–Crippen LogP) is 4.63. The maximum Gasteiger partial charge on any atom is 0.286 e. The van der Waals surface area contributed by atoms with Gasteiger partial charge in [0, 0.05) is 32.7 Å². The van der Waals surface area contributed by atoms with Gasteiger partial charge in [-0.1, -0.05) is 72.8 Å². The Morgan fingerprint density at radius 2 is 1.60 bits per heavy atom. The van der Waals surface area contributed by atoms with E-state index in [2.05, 4.69) is 69.4 Å². The van der Waals surface area contributed by atoms with Gasteiger partial charge in [-0.3, -0.25) is 9.69 Å². The number of benzene rings is 3. The first-order valence-electron chi connectivity index (χ1n) is 10.3. The lowest BCUT2D eigenvalue weighted by Gasteiger charge is -2.35. The van der Waals surface area contributed by atoms with Crippen LogP contribution < -0.4 is 0 Å². The fourth-order valence-electron chi connectivity index (χ4n) is 3.99. The van der Waals surface area contributed by atoms with Crippen molar-refractivity contribution in [3.63, 3.8) is 0 Å². The van der Waals surface area contributed by atoms with E-state index in [1.807, 2.05) is 24.3 Å². The maximum atomic E-state index is 12.6. The highest BCUT2D eigenvalue weighted by Gasteiger charge is 2.28. The molecule has 0 bridgehead atoms. The van der Waals surface area contributed by atoms with Gasteiger partial charge in [0.1, 0.15) is 0 Å². The molecule has 2 heterocycles. The van der Waals surface area contributed by atoms with Crippen molar-refractivity contribution in [1.82, 2.24) is 9.80 Å². The zero-order chi connectivity index (χ0) is 20.3. The average molecular weight is 414 g/mol. The Kier molecular flexibility index (Phi) is 5.39. The number of carbonyl (C=O) groups excluding carboxylic acids is 1. The molecule has 1 amide bonds. The standard InChI is InChI=1S/C25H23N3OS/c29-24-23(17-21-11-6-10-20-9-4-5-12-22(20)21)30-25(26-24)28-15-13-27(14-16-28)18-19-7-2-1-3-8-19/h1-12,17H,13-16,18H2. The van der Waals surface area contributed by atoms with E-state index in [1.54, 1.807) is 0 Å². The molecular weight excluding hydrogens is 390 g/mol. The second kappa shape index (κ2) is 8.46. The molecule has 3 aromatic rings. The van der Waals surface area contributed by atoms with Crippen molar-refractivity contribution in [2.75, 3.05) is 26.2 Å². The molecule has 0 aromatic heterocycles. The topological polar surface area (TPSA) is 35.9 Å². The lowest BCUT2D eigenvalue weighted by molar-refractivity contribution is -0.113. The molecule has 0 spiro atoms. The summed E-state index contributed by atoms with van der Waals surface area (Å²) in [6.07, 6.45) is 1.98. The van der Waals surface area contributed by atoms with Crippen molar-refractivity contribution in [2.45, 2.75) is 6.54 Å². The Balaban J connectivity index is 1.25. The van der Waals surface area contributed by atoms with E-state index in [0.717, 1.165) is 48.8 Å². The molecular formula is C25H23N3OS. The molecule has 1 fully saturated rings. The molecule has 2 aliphatic rings. The Morgan fingerprint density at radius 3 is 2.43 bits per heavy atom. The van der Waals surface area contributed by atoms with Gasteiger partial charge >= 0.3 is 0 Å². The molecule has 0 radical (unpaired) electrons. The van der Waals surface area contributed by atoms with Crippen LogP contribution in [0.4, 0.5) is 0 Å². The summed E-state index contributed by atoms with van der Waals surface area (Å²) in [7, 11) is 0. The molecule has 0 unspecified atom stereocenters. The minimum atomic E-state index is -0.130. The van der Waals surface area contributed by atoms with E-state index >= 15 is 0 Å². The highest BCUT2D eigenvalue weighted by atomic mass is 32.2. The average Bonchev–Trinajstić information content (AvgIpc) is 3.15.